The van der Waals surface area contributed by atoms with Crippen LogP contribution in [0.5, 0.6) is 0 Å². The predicted molar refractivity (Wildman–Crippen MR) is 86.4 cm³/mol. The molecule has 0 bridgehead atoms. The molecule has 1 saturated carbocycles. The third-order valence-corrected chi connectivity index (χ3v) is 3.24. The van der Waals surface area contributed by atoms with Gasteiger partial charge in [0.1, 0.15) is 0 Å². The van der Waals surface area contributed by atoms with Crippen LogP contribution >= 0.6 is 0 Å². The highest BCUT2D eigenvalue weighted by Crippen LogP contribution is 2.17. The second-order valence-electron chi connectivity index (χ2n) is 4.82. The fourth-order valence-corrected chi connectivity index (χ4v) is 2.25. The van der Waals surface area contributed by atoms with Gasteiger partial charge < -0.3 is 10.2 Å². The quantitative estimate of drug-likeness (QED) is 0.666. The van der Waals surface area contributed by atoms with E-state index in [0.29, 0.717) is 6.04 Å². The molecule has 21 heavy (non-hydrogen) atoms. The summed E-state index contributed by atoms with van der Waals surface area (Å²) in [5, 5.41) is 6.77. The van der Waals surface area contributed by atoms with Gasteiger partial charge in [-0.15, -0.1) is 0 Å². The molecular weight excluding hydrogens is 264 g/mol. The Hall–Kier alpha value is -1.84. The molecule has 1 amide bonds. The number of rotatable bonds is 5. The fourth-order valence-electron chi connectivity index (χ4n) is 2.25. The molecule has 0 spiro atoms. The minimum Gasteiger partial charge on any atom is -0.386 e. The lowest BCUT2D eigenvalue weighted by molar-refractivity contribution is -0.126. The number of oxime groups is 1. The maximum absolute atomic E-state index is 11.6. The summed E-state index contributed by atoms with van der Waals surface area (Å²) in [5.41, 5.74) is 0.954. The average Bonchev–Trinajstić information content (AvgIpc) is 2.55. The van der Waals surface area contributed by atoms with E-state index >= 15 is 0 Å². The summed E-state index contributed by atoms with van der Waals surface area (Å²) in [5.74, 6) is -0.0860. The Bertz CT molecular complexity index is 412. The molecule has 2 rings (SSSR count). The molecule has 0 radical (unpaired) electrons. The molecular formula is C17H26N2O2. The molecule has 4 heteroatoms. The zero-order valence-electron chi connectivity index (χ0n) is 13.0. The SMILES string of the molecule is CC.O=C(CO/N=C\c1ccccc1)NC1CCCCC1. The maximum Gasteiger partial charge on any atom is 0.260 e. The number of nitrogens with one attached hydrogen (secondary N) is 1. The van der Waals surface area contributed by atoms with Crippen molar-refractivity contribution in [2.75, 3.05) is 6.61 Å². The van der Waals surface area contributed by atoms with E-state index in [4.69, 9.17) is 4.84 Å². The van der Waals surface area contributed by atoms with Gasteiger partial charge in [-0.2, -0.15) is 0 Å². The Balaban J connectivity index is 0.00000106. The summed E-state index contributed by atoms with van der Waals surface area (Å²) >= 11 is 0. The lowest BCUT2D eigenvalue weighted by Gasteiger charge is -2.22. The monoisotopic (exact) mass is 290 g/mol. The topological polar surface area (TPSA) is 50.7 Å². The first-order chi connectivity index (χ1) is 10.3. The van der Waals surface area contributed by atoms with Gasteiger partial charge in [-0.1, -0.05) is 68.6 Å². The molecule has 1 aliphatic rings. The van der Waals surface area contributed by atoms with Crippen molar-refractivity contribution in [3.05, 3.63) is 35.9 Å². The third kappa shape index (κ3) is 7.49. The number of benzene rings is 1. The van der Waals surface area contributed by atoms with E-state index in [1.165, 1.54) is 19.3 Å². The van der Waals surface area contributed by atoms with Crippen LogP contribution in [0.3, 0.4) is 0 Å². The molecule has 1 aromatic carbocycles. The highest BCUT2D eigenvalue weighted by Gasteiger charge is 2.15. The van der Waals surface area contributed by atoms with Crippen LogP contribution in [0, 0.1) is 0 Å². The van der Waals surface area contributed by atoms with Crippen LogP contribution in [0.25, 0.3) is 0 Å². The van der Waals surface area contributed by atoms with Crippen molar-refractivity contribution in [1.29, 1.82) is 0 Å². The highest BCUT2D eigenvalue weighted by molar-refractivity contribution is 5.79. The summed E-state index contributed by atoms with van der Waals surface area (Å²) < 4.78 is 0. The van der Waals surface area contributed by atoms with Gasteiger partial charge in [0.15, 0.2) is 6.61 Å². The lowest BCUT2D eigenvalue weighted by Crippen LogP contribution is -2.38. The van der Waals surface area contributed by atoms with Crippen molar-refractivity contribution in [2.24, 2.45) is 5.16 Å². The second-order valence-corrected chi connectivity index (χ2v) is 4.82. The molecule has 0 atom stereocenters. The normalized spacial score (nSPS) is 15.1. The number of carbonyl (C=O) groups excluding carboxylic acids is 1. The smallest absolute Gasteiger partial charge is 0.260 e. The molecule has 116 valence electrons. The maximum atomic E-state index is 11.6. The second kappa shape index (κ2) is 10.9. The van der Waals surface area contributed by atoms with Gasteiger partial charge in [-0.3, -0.25) is 4.79 Å². The van der Waals surface area contributed by atoms with Crippen LogP contribution in [0.15, 0.2) is 35.5 Å². The van der Waals surface area contributed by atoms with E-state index in [-0.39, 0.29) is 12.5 Å². The van der Waals surface area contributed by atoms with E-state index in [1.54, 1.807) is 6.21 Å². The van der Waals surface area contributed by atoms with Gasteiger partial charge in [0.05, 0.1) is 6.21 Å². The van der Waals surface area contributed by atoms with Crippen molar-refractivity contribution >= 4 is 12.1 Å². The average molecular weight is 290 g/mol. The van der Waals surface area contributed by atoms with Crippen LogP contribution < -0.4 is 5.32 Å². The molecule has 1 aromatic rings. The van der Waals surface area contributed by atoms with Gasteiger partial charge in [0.25, 0.3) is 5.91 Å². The largest absolute Gasteiger partial charge is 0.386 e. The van der Waals surface area contributed by atoms with Crippen molar-refractivity contribution in [2.45, 2.75) is 52.0 Å². The molecule has 0 saturated heterocycles. The third-order valence-electron chi connectivity index (χ3n) is 3.24. The van der Waals surface area contributed by atoms with E-state index in [9.17, 15) is 4.79 Å². The van der Waals surface area contributed by atoms with Crippen molar-refractivity contribution in [1.82, 2.24) is 5.32 Å². The van der Waals surface area contributed by atoms with Gasteiger partial charge in [0.2, 0.25) is 0 Å². The molecule has 1 N–H and O–H groups in total. The Morgan fingerprint density at radius 1 is 1.24 bits per heavy atom. The molecule has 0 unspecified atom stereocenters. The first kappa shape index (κ1) is 17.2. The molecule has 1 fully saturated rings. The van der Waals surface area contributed by atoms with Crippen molar-refractivity contribution in [3.8, 4) is 0 Å². The minimum absolute atomic E-state index is 0.0141. The Kier molecular flexibility index (Phi) is 8.93. The Labute approximate surface area is 127 Å². The number of carbonyl (C=O) groups is 1. The summed E-state index contributed by atoms with van der Waals surface area (Å²) in [6.45, 7) is 3.99. The van der Waals surface area contributed by atoms with Gasteiger partial charge in [-0.25, -0.2) is 0 Å². The molecule has 0 heterocycles. The standard InChI is InChI=1S/C15H20N2O2.C2H6/c18-15(17-14-9-5-2-6-10-14)12-19-16-11-13-7-3-1-4-8-13;1-2/h1,3-4,7-8,11,14H,2,5-6,9-10,12H2,(H,17,18);1-2H3/b16-11-;. The molecule has 4 nitrogen and oxygen atoms in total. The van der Waals surface area contributed by atoms with E-state index in [0.717, 1.165) is 18.4 Å². The van der Waals surface area contributed by atoms with Crippen LogP contribution in [-0.4, -0.2) is 24.8 Å². The van der Waals surface area contributed by atoms with Crippen LogP contribution in [0.1, 0.15) is 51.5 Å². The molecule has 0 aliphatic heterocycles. The summed E-state index contributed by atoms with van der Waals surface area (Å²) in [4.78, 5) is 16.6. The van der Waals surface area contributed by atoms with Gasteiger partial charge in [-0.05, 0) is 18.4 Å². The summed E-state index contributed by atoms with van der Waals surface area (Å²) in [7, 11) is 0. The van der Waals surface area contributed by atoms with Crippen LogP contribution in [-0.2, 0) is 9.63 Å². The van der Waals surface area contributed by atoms with E-state index in [2.05, 4.69) is 10.5 Å². The number of amides is 1. The minimum atomic E-state index is -0.0860. The Morgan fingerprint density at radius 3 is 2.57 bits per heavy atom. The first-order valence-electron chi connectivity index (χ1n) is 7.84. The molecule has 1 aliphatic carbocycles. The predicted octanol–water partition coefficient (Wildman–Crippen LogP) is 3.51. The zero-order valence-corrected chi connectivity index (χ0v) is 13.0. The lowest BCUT2D eigenvalue weighted by atomic mass is 9.95. The number of hydrogen-bond acceptors (Lipinski definition) is 3. The fraction of sp³-hybridized carbons (Fsp3) is 0.529. The van der Waals surface area contributed by atoms with E-state index < -0.39 is 0 Å². The Morgan fingerprint density at radius 2 is 1.90 bits per heavy atom. The number of nitrogens with zero attached hydrogens (tertiary/aromatic N) is 1. The van der Waals surface area contributed by atoms with Crippen molar-refractivity contribution in [3.63, 3.8) is 0 Å². The van der Waals surface area contributed by atoms with Gasteiger partial charge in [0, 0.05) is 6.04 Å². The summed E-state index contributed by atoms with van der Waals surface area (Å²) in [6.07, 6.45) is 7.46. The summed E-state index contributed by atoms with van der Waals surface area (Å²) in [6, 6.07) is 9.97. The zero-order chi connectivity index (χ0) is 15.3. The first-order valence-corrected chi connectivity index (χ1v) is 7.84. The van der Waals surface area contributed by atoms with Crippen molar-refractivity contribution < 1.29 is 9.63 Å². The van der Waals surface area contributed by atoms with Crippen LogP contribution in [0.4, 0.5) is 0 Å². The number of hydrogen-bond donors (Lipinski definition) is 1. The van der Waals surface area contributed by atoms with Gasteiger partial charge >= 0.3 is 0 Å². The highest BCUT2D eigenvalue weighted by atomic mass is 16.6. The van der Waals surface area contributed by atoms with Crippen LogP contribution in [0.2, 0.25) is 0 Å². The molecule has 0 aromatic heterocycles. The van der Waals surface area contributed by atoms with E-state index in [1.807, 2.05) is 44.2 Å².